The van der Waals surface area contributed by atoms with Crippen molar-refractivity contribution in [3.05, 3.63) is 58.1 Å². The van der Waals surface area contributed by atoms with Crippen LogP contribution in [0.3, 0.4) is 0 Å². The molecule has 2 N–H and O–H groups in total. The molecule has 0 aliphatic carbocycles. The van der Waals surface area contributed by atoms with E-state index in [-0.39, 0.29) is 17.1 Å². The van der Waals surface area contributed by atoms with E-state index in [2.05, 4.69) is 38.7 Å². The molecule has 0 bridgehead atoms. The van der Waals surface area contributed by atoms with E-state index in [0.29, 0.717) is 17.9 Å². The summed E-state index contributed by atoms with van der Waals surface area (Å²) in [5, 5.41) is 6.04. The van der Waals surface area contributed by atoms with Crippen molar-refractivity contribution in [3.63, 3.8) is 0 Å². The first kappa shape index (κ1) is 20.7. The third-order valence-corrected chi connectivity index (χ3v) is 4.87. The Morgan fingerprint density at radius 1 is 1.23 bits per heavy atom. The lowest BCUT2D eigenvalue weighted by Crippen LogP contribution is -2.39. The lowest BCUT2D eigenvalue weighted by atomic mass is 10.2. The van der Waals surface area contributed by atoms with Crippen molar-refractivity contribution in [2.45, 2.75) is 31.4 Å². The summed E-state index contributed by atoms with van der Waals surface area (Å²) in [5.74, 6) is 0.216. The number of benzene rings is 2. The Balaban J connectivity index is 1.98. The first-order valence-corrected chi connectivity index (χ1v) is 10.5. The predicted octanol–water partition coefficient (Wildman–Crippen LogP) is 4.76. The number of amides is 1. The van der Waals surface area contributed by atoms with Gasteiger partial charge in [-0.2, -0.15) is 0 Å². The van der Waals surface area contributed by atoms with Gasteiger partial charge in [-0.15, -0.1) is 11.8 Å². The van der Waals surface area contributed by atoms with Gasteiger partial charge >= 0.3 is 0 Å². The molecule has 2 aromatic carbocycles. The van der Waals surface area contributed by atoms with Crippen molar-refractivity contribution in [2.75, 3.05) is 6.26 Å². The first-order chi connectivity index (χ1) is 12.4. The lowest BCUT2D eigenvalue weighted by molar-refractivity contribution is 0.0971. The number of nitrogens with one attached hydrogen (secondary N) is 2. The van der Waals surface area contributed by atoms with Crippen molar-refractivity contribution in [3.8, 4) is 5.75 Å². The Morgan fingerprint density at radius 3 is 2.54 bits per heavy atom. The Bertz CT molecular complexity index is 780. The van der Waals surface area contributed by atoms with Gasteiger partial charge in [0, 0.05) is 15.9 Å². The maximum absolute atomic E-state index is 12.6. The van der Waals surface area contributed by atoms with Crippen molar-refractivity contribution in [1.29, 1.82) is 0 Å². The standard InChI is InChI=1S/C19H21BrN2O2S2/c1-12(2)24-17-9-6-14(20)10-16(17)18(23)22-19(25)21-11-13-4-7-15(26-3)8-5-13/h4-10,12H,11H2,1-3H3,(H2,21,22,23,25). The molecular formula is C19H21BrN2O2S2. The summed E-state index contributed by atoms with van der Waals surface area (Å²) in [6.07, 6.45) is 2.01. The number of carbonyl (C=O) groups excluding carboxylic acids is 1. The van der Waals surface area contributed by atoms with E-state index in [0.717, 1.165) is 10.0 Å². The first-order valence-electron chi connectivity index (χ1n) is 8.07. The molecule has 7 heteroatoms. The van der Waals surface area contributed by atoms with Gasteiger partial charge in [0.2, 0.25) is 0 Å². The van der Waals surface area contributed by atoms with E-state index in [1.54, 1.807) is 23.9 Å². The second kappa shape index (κ2) is 9.94. The largest absolute Gasteiger partial charge is 0.490 e. The van der Waals surface area contributed by atoms with E-state index < -0.39 is 0 Å². The molecule has 26 heavy (non-hydrogen) atoms. The van der Waals surface area contributed by atoms with Crippen LogP contribution in [-0.2, 0) is 6.54 Å². The molecule has 0 saturated heterocycles. The topological polar surface area (TPSA) is 50.4 Å². The quantitative estimate of drug-likeness (QED) is 0.488. The van der Waals surface area contributed by atoms with Gasteiger partial charge in [0.1, 0.15) is 5.75 Å². The van der Waals surface area contributed by atoms with Crippen LogP contribution in [0.1, 0.15) is 29.8 Å². The Labute approximate surface area is 172 Å². The van der Waals surface area contributed by atoms with Crippen LogP contribution in [0.4, 0.5) is 0 Å². The molecule has 0 radical (unpaired) electrons. The minimum Gasteiger partial charge on any atom is -0.490 e. The van der Waals surface area contributed by atoms with Gasteiger partial charge in [-0.25, -0.2) is 0 Å². The van der Waals surface area contributed by atoms with Crippen molar-refractivity contribution >= 4 is 50.9 Å². The number of hydrogen-bond donors (Lipinski definition) is 2. The van der Waals surface area contributed by atoms with E-state index in [1.165, 1.54) is 4.90 Å². The molecule has 0 unspecified atom stereocenters. The highest BCUT2D eigenvalue weighted by atomic mass is 79.9. The summed E-state index contributed by atoms with van der Waals surface area (Å²) in [7, 11) is 0. The Morgan fingerprint density at radius 2 is 1.92 bits per heavy atom. The van der Waals surface area contributed by atoms with Gasteiger partial charge in [-0.05, 0) is 68.2 Å². The monoisotopic (exact) mass is 452 g/mol. The minimum absolute atomic E-state index is 0.0305. The maximum Gasteiger partial charge on any atom is 0.261 e. The molecule has 4 nitrogen and oxygen atoms in total. The zero-order chi connectivity index (χ0) is 19.1. The lowest BCUT2D eigenvalue weighted by Gasteiger charge is -2.15. The third-order valence-electron chi connectivity index (χ3n) is 3.39. The van der Waals surface area contributed by atoms with Crippen LogP contribution in [0.25, 0.3) is 0 Å². The maximum atomic E-state index is 12.6. The fraction of sp³-hybridized carbons (Fsp3) is 0.263. The fourth-order valence-corrected chi connectivity index (χ4v) is 3.11. The molecule has 1 amide bonds. The number of hydrogen-bond acceptors (Lipinski definition) is 4. The minimum atomic E-state index is -0.308. The van der Waals surface area contributed by atoms with Crippen molar-refractivity contribution in [1.82, 2.24) is 10.6 Å². The van der Waals surface area contributed by atoms with E-state index in [9.17, 15) is 4.79 Å². The summed E-state index contributed by atoms with van der Waals surface area (Å²) in [4.78, 5) is 13.8. The van der Waals surface area contributed by atoms with Gasteiger partial charge in [-0.1, -0.05) is 28.1 Å². The molecule has 2 aromatic rings. The number of halogens is 1. The van der Waals surface area contributed by atoms with Gasteiger partial charge in [-0.3, -0.25) is 10.1 Å². The molecule has 0 atom stereocenters. The highest BCUT2D eigenvalue weighted by molar-refractivity contribution is 9.10. The molecule has 0 fully saturated rings. The molecule has 0 aliphatic rings. The summed E-state index contributed by atoms with van der Waals surface area (Å²) in [6, 6.07) is 13.5. The van der Waals surface area contributed by atoms with E-state index in [4.69, 9.17) is 17.0 Å². The summed E-state index contributed by atoms with van der Waals surface area (Å²) in [6.45, 7) is 4.37. The molecular weight excluding hydrogens is 432 g/mol. The van der Waals surface area contributed by atoms with Gasteiger partial charge in [0.25, 0.3) is 5.91 Å². The number of ether oxygens (including phenoxy) is 1. The Kier molecular flexibility index (Phi) is 7.93. The number of thioether (sulfide) groups is 1. The molecule has 0 aliphatic heterocycles. The van der Waals surface area contributed by atoms with Crippen LogP contribution < -0.4 is 15.4 Å². The van der Waals surface area contributed by atoms with Gasteiger partial charge in [0.05, 0.1) is 11.7 Å². The molecule has 0 aromatic heterocycles. The van der Waals surface area contributed by atoms with E-state index >= 15 is 0 Å². The van der Waals surface area contributed by atoms with Crippen LogP contribution in [0, 0.1) is 0 Å². The van der Waals surface area contributed by atoms with E-state index in [1.807, 2.05) is 38.3 Å². The number of carbonyl (C=O) groups is 1. The SMILES string of the molecule is CSc1ccc(CNC(=S)NC(=O)c2cc(Br)ccc2OC(C)C)cc1. The zero-order valence-electron chi connectivity index (χ0n) is 14.8. The summed E-state index contributed by atoms with van der Waals surface area (Å²) < 4.78 is 6.50. The normalized spacial score (nSPS) is 10.5. The summed E-state index contributed by atoms with van der Waals surface area (Å²) in [5.41, 5.74) is 1.52. The highest BCUT2D eigenvalue weighted by Gasteiger charge is 2.15. The highest BCUT2D eigenvalue weighted by Crippen LogP contribution is 2.24. The molecule has 0 saturated carbocycles. The molecule has 138 valence electrons. The number of rotatable bonds is 6. The number of thiocarbonyl (C=S) groups is 1. The average molecular weight is 453 g/mol. The van der Waals surface area contributed by atoms with Crippen molar-refractivity contribution in [2.24, 2.45) is 0 Å². The fourth-order valence-electron chi connectivity index (χ4n) is 2.18. The third kappa shape index (κ3) is 6.30. The second-order valence-corrected chi connectivity index (χ2v) is 8.00. The summed E-state index contributed by atoms with van der Waals surface area (Å²) >= 11 is 10.3. The molecule has 0 spiro atoms. The smallest absolute Gasteiger partial charge is 0.261 e. The van der Waals surface area contributed by atoms with Crippen LogP contribution in [-0.4, -0.2) is 23.4 Å². The van der Waals surface area contributed by atoms with Gasteiger partial charge < -0.3 is 10.1 Å². The van der Waals surface area contributed by atoms with Crippen LogP contribution in [0.5, 0.6) is 5.75 Å². The van der Waals surface area contributed by atoms with Crippen LogP contribution >= 0.6 is 39.9 Å². The molecule has 2 rings (SSSR count). The van der Waals surface area contributed by atoms with Crippen LogP contribution in [0.15, 0.2) is 51.8 Å². The average Bonchev–Trinajstić information content (AvgIpc) is 2.61. The predicted molar refractivity (Wildman–Crippen MR) is 115 cm³/mol. The zero-order valence-corrected chi connectivity index (χ0v) is 18.1. The Hall–Kier alpha value is -1.57. The molecule has 0 heterocycles. The van der Waals surface area contributed by atoms with Crippen molar-refractivity contribution < 1.29 is 9.53 Å². The van der Waals surface area contributed by atoms with Crippen LogP contribution in [0.2, 0.25) is 0 Å². The van der Waals surface area contributed by atoms with Gasteiger partial charge in [0.15, 0.2) is 5.11 Å². The second-order valence-electron chi connectivity index (χ2n) is 5.79.